The van der Waals surface area contributed by atoms with E-state index in [4.69, 9.17) is 23.7 Å². The van der Waals surface area contributed by atoms with Gasteiger partial charge in [-0.15, -0.1) is 6.58 Å². The molecule has 3 amide bonds. The molecule has 13 heteroatoms. The van der Waals surface area contributed by atoms with E-state index < -0.39 is 59.4 Å². The molecule has 2 N–H and O–H groups in total. The standard InChI is InChI=1S/C51H47N3O10/c1-4-27-52-47(56)42-44-48(57)64-45(36-15-9-6-10-16-36)43(35-13-7-5-8-14-35)54(44)46(38-17-11-12-18-41(38)62-29-28-55)51(42)39-32-34(20-19-33-21-24-37(61-3)25-22-33)23-26-40(39)53(49(51)58)50(59)63-31-30-60-2/h4-18,21-26,32,42-46,55H,1,27-31H2,2-3H3,(H,52,56)/t42-,43-,44-,45+,46+,51-/m1/s1. The maximum absolute atomic E-state index is 16.2. The normalized spacial score (nSPS) is 22.1. The number of rotatable bonds is 13. The van der Waals surface area contributed by atoms with Crippen molar-refractivity contribution in [3.8, 4) is 23.3 Å². The van der Waals surface area contributed by atoms with Gasteiger partial charge < -0.3 is 34.1 Å². The van der Waals surface area contributed by atoms with Crippen LogP contribution in [-0.4, -0.2) is 87.1 Å². The lowest BCUT2D eigenvalue weighted by Gasteiger charge is -2.46. The first-order valence-electron chi connectivity index (χ1n) is 20.9. The first kappa shape index (κ1) is 43.4. The van der Waals surface area contributed by atoms with Gasteiger partial charge in [-0.2, -0.15) is 0 Å². The fourth-order valence-electron chi connectivity index (χ4n) is 9.31. The molecule has 3 aliphatic heterocycles. The molecule has 5 aromatic rings. The number of carbonyl (C=O) groups is 4. The SMILES string of the molecule is C=CCNC(=O)[C@H]1[C@@H]2C(=O)O[C@@H](c3ccccc3)[C@@H](c3ccccc3)N2[C@@H](c2ccccc2OCCO)[C@]12C(=O)N(C(=O)OCCOC)c1ccc(C#Cc3ccc(OC)cc3)cc12. The van der Waals surface area contributed by atoms with E-state index in [-0.39, 0.29) is 44.2 Å². The monoisotopic (exact) mass is 861 g/mol. The fraction of sp³-hybridized carbons (Fsp3) is 0.255. The predicted molar refractivity (Wildman–Crippen MR) is 236 cm³/mol. The van der Waals surface area contributed by atoms with Gasteiger partial charge in [-0.25, -0.2) is 9.69 Å². The third-order valence-corrected chi connectivity index (χ3v) is 11.9. The van der Waals surface area contributed by atoms with E-state index in [0.717, 1.165) is 10.5 Å². The van der Waals surface area contributed by atoms with Gasteiger partial charge in [-0.3, -0.25) is 19.3 Å². The third-order valence-electron chi connectivity index (χ3n) is 11.9. The van der Waals surface area contributed by atoms with E-state index in [2.05, 4.69) is 23.7 Å². The van der Waals surface area contributed by atoms with Crippen molar-refractivity contribution >= 4 is 29.6 Å². The number of morpholine rings is 1. The van der Waals surface area contributed by atoms with Crippen molar-refractivity contribution in [2.24, 2.45) is 5.92 Å². The second-order valence-corrected chi connectivity index (χ2v) is 15.4. The topological polar surface area (TPSA) is 153 Å². The maximum atomic E-state index is 16.2. The van der Waals surface area contributed by atoms with Gasteiger partial charge in [-0.05, 0) is 65.2 Å². The van der Waals surface area contributed by atoms with Gasteiger partial charge in [0.1, 0.15) is 42.3 Å². The Morgan fingerprint density at radius 2 is 1.50 bits per heavy atom. The number of imide groups is 1. The molecule has 0 bridgehead atoms. The minimum absolute atomic E-state index is 0.00000234. The Kier molecular flexibility index (Phi) is 12.9. The number of nitrogens with zero attached hydrogens (tertiary/aromatic N) is 2. The average molecular weight is 862 g/mol. The van der Waals surface area contributed by atoms with Crippen LogP contribution in [-0.2, 0) is 34.0 Å². The Bertz CT molecular complexity index is 2590. The van der Waals surface area contributed by atoms with Crippen molar-refractivity contribution in [3.05, 3.63) is 173 Å². The number of ether oxygens (including phenoxy) is 5. The summed E-state index contributed by atoms with van der Waals surface area (Å²) in [4.78, 5) is 64.0. The zero-order valence-corrected chi connectivity index (χ0v) is 35.3. The number of anilines is 1. The molecule has 2 fully saturated rings. The molecule has 0 aliphatic carbocycles. The second kappa shape index (κ2) is 19.0. The number of hydrogen-bond donors (Lipinski definition) is 2. The summed E-state index contributed by atoms with van der Waals surface area (Å²) in [5, 5.41) is 12.9. The maximum Gasteiger partial charge on any atom is 0.421 e. The predicted octanol–water partition coefficient (Wildman–Crippen LogP) is 6.22. The van der Waals surface area contributed by atoms with Gasteiger partial charge in [0, 0.05) is 30.3 Å². The third kappa shape index (κ3) is 7.77. The molecular weight excluding hydrogens is 815 g/mol. The number of cyclic esters (lactones) is 1. The van der Waals surface area contributed by atoms with Crippen LogP contribution in [0.5, 0.6) is 11.5 Å². The highest BCUT2D eigenvalue weighted by atomic mass is 16.6. The van der Waals surface area contributed by atoms with E-state index in [1.54, 1.807) is 61.7 Å². The number of carbonyl (C=O) groups excluding carboxylic acids is 4. The summed E-state index contributed by atoms with van der Waals surface area (Å²) in [5.74, 6) is 3.60. The first-order chi connectivity index (χ1) is 31.3. The molecule has 3 heterocycles. The van der Waals surface area contributed by atoms with Gasteiger partial charge in [0.2, 0.25) is 11.8 Å². The minimum Gasteiger partial charge on any atom is -0.497 e. The van der Waals surface area contributed by atoms with E-state index in [1.165, 1.54) is 13.2 Å². The van der Waals surface area contributed by atoms with Crippen LogP contribution < -0.4 is 19.7 Å². The molecule has 13 nitrogen and oxygen atoms in total. The van der Waals surface area contributed by atoms with E-state index in [1.807, 2.05) is 77.7 Å². The first-order valence-corrected chi connectivity index (χ1v) is 20.9. The van der Waals surface area contributed by atoms with Crippen LogP contribution in [0.4, 0.5) is 10.5 Å². The number of para-hydroxylation sites is 1. The zero-order chi connectivity index (χ0) is 44.8. The summed E-state index contributed by atoms with van der Waals surface area (Å²) in [6.07, 6.45) is -0.429. The molecule has 6 atom stereocenters. The molecule has 64 heavy (non-hydrogen) atoms. The van der Waals surface area contributed by atoms with Crippen molar-refractivity contribution in [3.63, 3.8) is 0 Å². The summed E-state index contributed by atoms with van der Waals surface area (Å²) in [5.41, 5.74) is 1.31. The van der Waals surface area contributed by atoms with Crippen LogP contribution in [0.1, 0.15) is 51.6 Å². The highest BCUT2D eigenvalue weighted by molar-refractivity contribution is 6.23. The number of fused-ring (bicyclic) bond motifs is 3. The molecule has 0 unspecified atom stereocenters. The molecule has 5 aromatic carbocycles. The number of aliphatic hydroxyl groups is 1. The highest BCUT2D eigenvalue weighted by Gasteiger charge is 2.76. The fourth-order valence-corrected chi connectivity index (χ4v) is 9.31. The Hall–Kier alpha value is -7.24. The molecule has 2 saturated heterocycles. The van der Waals surface area contributed by atoms with Gasteiger partial charge in [0.15, 0.2) is 0 Å². The number of methoxy groups -OCH3 is 2. The van der Waals surface area contributed by atoms with Crippen molar-refractivity contribution in [1.82, 2.24) is 10.2 Å². The molecule has 3 aliphatic rings. The summed E-state index contributed by atoms with van der Waals surface area (Å²) in [7, 11) is 3.04. The van der Waals surface area contributed by atoms with Crippen molar-refractivity contribution in [1.29, 1.82) is 0 Å². The van der Waals surface area contributed by atoms with E-state index in [9.17, 15) is 9.90 Å². The number of hydrogen-bond acceptors (Lipinski definition) is 11. The van der Waals surface area contributed by atoms with Crippen LogP contribution in [0.3, 0.4) is 0 Å². The van der Waals surface area contributed by atoms with Crippen LogP contribution in [0.2, 0.25) is 0 Å². The van der Waals surface area contributed by atoms with E-state index in [0.29, 0.717) is 33.8 Å². The Balaban J connectivity index is 1.46. The average Bonchev–Trinajstić information content (AvgIpc) is 3.78. The molecular formula is C51H47N3O10. The Labute approximate surface area is 371 Å². The van der Waals surface area contributed by atoms with Gasteiger partial charge in [0.05, 0.1) is 44.0 Å². The molecule has 326 valence electrons. The Morgan fingerprint density at radius 1 is 0.828 bits per heavy atom. The second-order valence-electron chi connectivity index (χ2n) is 15.4. The summed E-state index contributed by atoms with van der Waals surface area (Å²) < 4.78 is 28.9. The quantitative estimate of drug-likeness (QED) is 0.0601. The summed E-state index contributed by atoms with van der Waals surface area (Å²) in [6.45, 7) is 3.26. The number of nitrogens with one attached hydrogen (secondary N) is 1. The van der Waals surface area contributed by atoms with Gasteiger partial charge in [-0.1, -0.05) is 96.8 Å². The molecule has 8 rings (SSSR count). The molecule has 0 radical (unpaired) electrons. The van der Waals surface area contributed by atoms with Crippen LogP contribution in [0.15, 0.2) is 140 Å². The molecule has 1 spiro atoms. The van der Waals surface area contributed by atoms with Crippen LogP contribution in [0, 0.1) is 17.8 Å². The van der Waals surface area contributed by atoms with Crippen molar-refractivity contribution in [2.45, 2.75) is 29.6 Å². The lowest BCUT2D eigenvalue weighted by Crippen LogP contribution is -2.55. The van der Waals surface area contributed by atoms with Crippen molar-refractivity contribution < 1.29 is 48.0 Å². The Morgan fingerprint density at radius 3 is 2.19 bits per heavy atom. The largest absolute Gasteiger partial charge is 0.497 e. The summed E-state index contributed by atoms with van der Waals surface area (Å²) in [6, 6.07) is 34.5. The van der Waals surface area contributed by atoms with Crippen LogP contribution in [0.25, 0.3) is 0 Å². The lowest BCUT2D eigenvalue weighted by atomic mass is 9.65. The van der Waals surface area contributed by atoms with Gasteiger partial charge in [0.25, 0.3) is 0 Å². The molecule has 0 saturated carbocycles. The van der Waals surface area contributed by atoms with E-state index >= 15 is 14.4 Å². The zero-order valence-electron chi connectivity index (χ0n) is 35.3. The number of esters is 1. The number of aliphatic hydroxyl groups excluding tert-OH is 1. The van der Waals surface area contributed by atoms with Gasteiger partial charge >= 0.3 is 12.1 Å². The number of amides is 3. The highest BCUT2D eigenvalue weighted by Crippen LogP contribution is 2.66. The smallest absolute Gasteiger partial charge is 0.421 e. The summed E-state index contributed by atoms with van der Waals surface area (Å²) >= 11 is 0. The molecule has 0 aromatic heterocycles. The number of benzene rings is 5. The lowest BCUT2D eigenvalue weighted by molar-refractivity contribution is -0.178. The van der Waals surface area contributed by atoms with Crippen molar-refractivity contribution in [2.75, 3.05) is 52.1 Å². The minimum atomic E-state index is -2.07. The van der Waals surface area contributed by atoms with Crippen LogP contribution >= 0.6 is 0 Å².